The molecular formula is C14H10N4O2S. The van der Waals surface area contributed by atoms with Crippen LogP contribution in [0.3, 0.4) is 0 Å². The smallest absolute Gasteiger partial charge is 0.335 e. The highest BCUT2D eigenvalue weighted by Gasteiger charge is 2.10. The molecule has 2 heterocycles. The van der Waals surface area contributed by atoms with Crippen molar-refractivity contribution < 1.29 is 9.90 Å². The van der Waals surface area contributed by atoms with Crippen molar-refractivity contribution in [2.24, 2.45) is 0 Å². The lowest BCUT2D eigenvalue weighted by molar-refractivity contribution is 0.0697. The van der Waals surface area contributed by atoms with Crippen molar-refractivity contribution >= 4 is 28.6 Å². The molecule has 0 spiro atoms. The van der Waals surface area contributed by atoms with E-state index in [2.05, 4.69) is 19.9 Å². The highest BCUT2D eigenvalue weighted by atomic mass is 32.2. The zero-order valence-corrected chi connectivity index (χ0v) is 11.8. The quantitative estimate of drug-likeness (QED) is 0.587. The molecule has 104 valence electrons. The Balaban J connectivity index is 2.05. The highest BCUT2D eigenvalue weighted by Crippen LogP contribution is 2.29. The minimum absolute atomic E-state index is 0.198. The molecule has 0 saturated heterocycles. The number of nitrogens with zero attached hydrogens (tertiary/aromatic N) is 4. The summed E-state index contributed by atoms with van der Waals surface area (Å²) in [6, 6.07) is 6.59. The zero-order chi connectivity index (χ0) is 14.8. The predicted octanol–water partition coefficient (Wildman–Crippen LogP) is 2.58. The van der Waals surface area contributed by atoms with Crippen LogP contribution in [0.2, 0.25) is 0 Å². The Hall–Kier alpha value is -2.54. The van der Waals surface area contributed by atoms with Crippen LogP contribution < -0.4 is 0 Å². The summed E-state index contributed by atoms with van der Waals surface area (Å²) in [5, 5.41) is 11.1. The number of carboxylic acids is 1. The third-order valence-corrected chi connectivity index (χ3v) is 3.71. The van der Waals surface area contributed by atoms with Gasteiger partial charge in [0.15, 0.2) is 5.16 Å². The van der Waals surface area contributed by atoms with Crippen LogP contribution in [0.5, 0.6) is 0 Å². The fourth-order valence-electron chi connectivity index (χ4n) is 1.81. The van der Waals surface area contributed by atoms with Crippen LogP contribution in [0.25, 0.3) is 10.9 Å². The van der Waals surface area contributed by atoms with Crippen LogP contribution in [0.15, 0.2) is 47.0 Å². The Bertz CT molecular complexity index is 838. The molecular weight excluding hydrogens is 288 g/mol. The summed E-state index contributed by atoms with van der Waals surface area (Å²) in [4.78, 5) is 27.8. The number of hydrogen-bond donors (Lipinski definition) is 1. The number of rotatable bonds is 3. The molecule has 0 saturated carbocycles. The molecule has 0 aliphatic carbocycles. The van der Waals surface area contributed by atoms with Gasteiger partial charge in [-0.15, -0.1) is 0 Å². The van der Waals surface area contributed by atoms with E-state index in [-0.39, 0.29) is 5.56 Å². The van der Waals surface area contributed by atoms with Crippen molar-refractivity contribution in [3.8, 4) is 0 Å². The number of aromatic carboxylic acids is 1. The summed E-state index contributed by atoms with van der Waals surface area (Å²) < 4.78 is 0. The fraction of sp³-hybridized carbons (Fsp3) is 0.0714. The van der Waals surface area contributed by atoms with Gasteiger partial charge in [-0.3, -0.25) is 0 Å². The predicted molar refractivity (Wildman–Crippen MR) is 77.4 cm³/mol. The summed E-state index contributed by atoms with van der Waals surface area (Å²) in [5.41, 5.74) is 1.66. The summed E-state index contributed by atoms with van der Waals surface area (Å²) in [5.74, 6) is -0.980. The maximum absolute atomic E-state index is 11.0. The lowest BCUT2D eigenvalue weighted by Gasteiger charge is -2.04. The van der Waals surface area contributed by atoms with Crippen LogP contribution in [0.4, 0.5) is 0 Å². The molecule has 2 aromatic heterocycles. The van der Waals surface area contributed by atoms with E-state index >= 15 is 0 Å². The van der Waals surface area contributed by atoms with Crippen molar-refractivity contribution in [3.63, 3.8) is 0 Å². The van der Waals surface area contributed by atoms with Gasteiger partial charge in [0.2, 0.25) is 0 Å². The molecule has 3 aromatic rings. The number of hydrogen-bond acceptors (Lipinski definition) is 6. The van der Waals surface area contributed by atoms with Gasteiger partial charge in [-0.05, 0) is 43.0 Å². The molecule has 0 unspecified atom stereocenters. The molecule has 6 nitrogen and oxygen atoms in total. The SMILES string of the molecule is Cc1ccnc(Sc2ncnc3cc(C(=O)O)ccc23)n1. The van der Waals surface area contributed by atoms with Gasteiger partial charge in [0, 0.05) is 17.3 Å². The first kappa shape index (κ1) is 13.4. The van der Waals surface area contributed by atoms with Gasteiger partial charge in [0.25, 0.3) is 0 Å². The fourth-order valence-corrected chi connectivity index (χ4v) is 2.67. The van der Waals surface area contributed by atoms with E-state index < -0.39 is 5.97 Å². The number of carboxylic acid groups (broad SMARTS) is 1. The molecule has 1 N–H and O–H groups in total. The second-order valence-electron chi connectivity index (χ2n) is 4.30. The molecule has 0 amide bonds. The average Bonchev–Trinajstić information content (AvgIpc) is 2.47. The maximum atomic E-state index is 11.0. The largest absolute Gasteiger partial charge is 0.478 e. The summed E-state index contributed by atoms with van der Waals surface area (Å²) in [6.45, 7) is 1.89. The summed E-state index contributed by atoms with van der Waals surface area (Å²) in [6.07, 6.45) is 3.10. The van der Waals surface area contributed by atoms with E-state index in [0.717, 1.165) is 11.1 Å². The average molecular weight is 298 g/mol. The number of fused-ring (bicyclic) bond motifs is 1. The van der Waals surface area contributed by atoms with Crippen LogP contribution >= 0.6 is 11.8 Å². The minimum atomic E-state index is -0.980. The molecule has 3 rings (SSSR count). The van der Waals surface area contributed by atoms with Crippen molar-refractivity contribution in [2.75, 3.05) is 0 Å². The van der Waals surface area contributed by atoms with Gasteiger partial charge < -0.3 is 5.11 Å². The van der Waals surface area contributed by atoms with Crippen LogP contribution in [0.1, 0.15) is 16.1 Å². The lowest BCUT2D eigenvalue weighted by atomic mass is 10.1. The van der Waals surface area contributed by atoms with E-state index in [4.69, 9.17) is 5.11 Å². The van der Waals surface area contributed by atoms with Gasteiger partial charge in [-0.25, -0.2) is 24.7 Å². The Labute approximate surface area is 124 Å². The zero-order valence-electron chi connectivity index (χ0n) is 11.0. The molecule has 0 radical (unpaired) electrons. The first-order valence-electron chi connectivity index (χ1n) is 6.09. The Kier molecular flexibility index (Phi) is 3.49. The van der Waals surface area contributed by atoms with Crippen molar-refractivity contribution in [1.29, 1.82) is 0 Å². The Morgan fingerprint density at radius 2 is 2.05 bits per heavy atom. The number of aryl methyl sites for hydroxylation is 1. The maximum Gasteiger partial charge on any atom is 0.335 e. The Morgan fingerprint density at radius 3 is 2.81 bits per heavy atom. The van der Waals surface area contributed by atoms with Crippen molar-refractivity contribution in [3.05, 3.63) is 48.0 Å². The molecule has 1 aromatic carbocycles. The first-order chi connectivity index (χ1) is 10.1. The second-order valence-corrected chi connectivity index (χ2v) is 5.25. The highest BCUT2D eigenvalue weighted by molar-refractivity contribution is 7.99. The van der Waals surface area contributed by atoms with E-state index in [9.17, 15) is 4.79 Å². The molecule has 0 atom stereocenters. The normalized spacial score (nSPS) is 10.7. The molecule has 21 heavy (non-hydrogen) atoms. The molecule has 7 heteroatoms. The van der Waals surface area contributed by atoms with Gasteiger partial charge in [-0.2, -0.15) is 0 Å². The van der Waals surface area contributed by atoms with Gasteiger partial charge in [0.1, 0.15) is 11.4 Å². The second kappa shape index (κ2) is 5.45. The number of carbonyl (C=O) groups is 1. The summed E-state index contributed by atoms with van der Waals surface area (Å²) >= 11 is 1.32. The summed E-state index contributed by atoms with van der Waals surface area (Å²) in [7, 11) is 0. The van der Waals surface area contributed by atoms with Crippen LogP contribution in [-0.4, -0.2) is 31.0 Å². The van der Waals surface area contributed by atoms with Crippen LogP contribution in [-0.2, 0) is 0 Å². The number of benzene rings is 1. The first-order valence-corrected chi connectivity index (χ1v) is 6.91. The number of aromatic nitrogens is 4. The molecule has 0 aliphatic rings. The monoisotopic (exact) mass is 298 g/mol. The third-order valence-electron chi connectivity index (χ3n) is 2.81. The topological polar surface area (TPSA) is 88.9 Å². The van der Waals surface area contributed by atoms with Crippen molar-refractivity contribution in [2.45, 2.75) is 17.1 Å². The standard InChI is InChI=1S/C14H10N4O2S/c1-8-4-5-15-14(18-8)21-12-10-3-2-9(13(19)20)6-11(10)16-7-17-12/h2-7H,1H3,(H,19,20). The van der Waals surface area contributed by atoms with E-state index in [1.807, 2.05) is 13.0 Å². The third kappa shape index (κ3) is 2.82. The van der Waals surface area contributed by atoms with E-state index in [0.29, 0.717) is 15.7 Å². The Morgan fingerprint density at radius 1 is 1.19 bits per heavy atom. The molecule has 0 fully saturated rings. The van der Waals surface area contributed by atoms with Crippen LogP contribution in [0, 0.1) is 6.92 Å². The lowest BCUT2D eigenvalue weighted by Crippen LogP contribution is -1.97. The molecule has 0 bridgehead atoms. The minimum Gasteiger partial charge on any atom is -0.478 e. The van der Waals surface area contributed by atoms with E-state index in [1.54, 1.807) is 12.3 Å². The van der Waals surface area contributed by atoms with Gasteiger partial charge >= 0.3 is 5.97 Å². The van der Waals surface area contributed by atoms with E-state index in [1.165, 1.54) is 30.2 Å². The molecule has 0 aliphatic heterocycles. The van der Waals surface area contributed by atoms with Crippen molar-refractivity contribution in [1.82, 2.24) is 19.9 Å². The van der Waals surface area contributed by atoms with Gasteiger partial charge in [-0.1, -0.05) is 0 Å². The van der Waals surface area contributed by atoms with Gasteiger partial charge in [0.05, 0.1) is 11.1 Å².